The molecule has 102 valence electrons. The molecule has 5 nitrogen and oxygen atoms in total. The summed E-state index contributed by atoms with van der Waals surface area (Å²) in [6.45, 7) is 6.90. The Morgan fingerprint density at radius 2 is 1.89 bits per heavy atom. The molecule has 0 bridgehead atoms. The molecule has 0 fully saturated rings. The summed E-state index contributed by atoms with van der Waals surface area (Å²) in [4.78, 5) is 9.20. The first-order valence-corrected chi connectivity index (χ1v) is 6.54. The molecule has 1 unspecified atom stereocenters. The Kier molecular flexibility index (Phi) is 3.95. The van der Waals surface area contributed by atoms with Crippen molar-refractivity contribution in [2.45, 2.75) is 27.2 Å². The van der Waals surface area contributed by atoms with Gasteiger partial charge in [0.05, 0.1) is 11.8 Å². The second-order valence-electron chi connectivity index (χ2n) is 5.14. The zero-order chi connectivity index (χ0) is 14.0. The molecule has 2 N–H and O–H groups in total. The van der Waals surface area contributed by atoms with Gasteiger partial charge in [-0.3, -0.25) is 4.68 Å². The molecule has 0 aliphatic rings. The highest BCUT2D eigenvalue weighted by atomic mass is 15.2. The number of aromatic nitrogens is 4. The van der Waals surface area contributed by atoms with Gasteiger partial charge in [0.25, 0.3) is 0 Å². The molecule has 2 rings (SSSR count). The largest absolute Gasteiger partial charge is 0.330 e. The van der Waals surface area contributed by atoms with Gasteiger partial charge in [-0.2, -0.15) is 5.10 Å². The minimum Gasteiger partial charge on any atom is -0.330 e. The van der Waals surface area contributed by atoms with E-state index in [1.807, 2.05) is 27.1 Å². The minimum absolute atomic E-state index is 0.449. The number of aryl methyl sites for hydroxylation is 3. The smallest absolute Gasteiger partial charge is 0.162 e. The zero-order valence-electron chi connectivity index (χ0n) is 12.0. The predicted molar refractivity (Wildman–Crippen MR) is 75.6 cm³/mol. The van der Waals surface area contributed by atoms with Gasteiger partial charge in [0, 0.05) is 24.6 Å². The first-order valence-electron chi connectivity index (χ1n) is 6.54. The van der Waals surface area contributed by atoms with E-state index in [1.54, 1.807) is 10.9 Å². The lowest BCUT2D eigenvalue weighted by Crippen LogP contribution is -2.15. The van der Waals surface area contributed by atoms with Crippen molar-refractivity contribution >= 4 is 0 Å². The van der Waals surface area contributed by atoms with Crippen LogP contribution >= 0.6 is 0 Å². The zero-order valence-corrected chi connectivity index (χ0v) is 12.0. The molecule has 0 aliphatic heterocycles. The molecule has 2 aromatic rings. The fourth-order valence-corrected chi connectivity index (χ4v) is 2.13. The summed E-state index contributed by atoms with van der Waals surface area (Å²) in [7, 11) is 1.89. The number of hydrogen-bond acceptors (Lipinski definition) is 4. The van der Waals surface area contributed by atoms with Crippen molar-refractivity contribution in [2.24, 2.45) is 18.7 Å². The van der Waals surface area contributed by atoms with E-state index >= 15 is 0 Å². The molecule has 0 saturated carbocycles. The summed E-state index contributed by atoms with van der Waals surface area (Å²) in [5.74, 6) is 1.19. The SMILES string of the molecule is Cc1nc(-c2cnn(C)c2)nc(C)c1CC(C)CN. The first-order chi connectivity index (χ1) is 9.01. The van der Waals surface area contributed by atoms with Crippen LogP contribution in [-0.4, -0.2) is 26.3 Å². The van der Waals surface area contributed by atoms with Crippen LogP contribution in [0.5, 0.6) is 0 Å². The Morgan fingerprint density at radius 3 is 2.37 bits per heavy atom. The number of rotatable bonds is 4. The third kappa shape index (κ3) is 2.98. The summed E-state index contributed by atoms with van der Waals surface area (Å²) in [5.41, 5.74) is 9.92. The fraction of sp³-hybridized carbons (Fsp3) is 0.500. The summed E-state index contributed by atoms with van der Waals surface area (Å²) < 4.78 is 1.76. The molecule has 5 heteroatoms. The van der Waals surface area contributed by atoms with Gasteiger partial charge in [-0.15, -0.1) is 0 Å². The van der Waals surface area contributed by atoms with E-state index in [1.165, 1.54) is 5.56 Å². The second kappa shape index (κ2) is 5.48. The molecular formula is C14H21N5. The maximum absolute atomic E-state index is 5.69. The first kappa shape index (κ1) is 13.7. The van der Waals surface area contributed by atoms with E-state index in [9.17, 15) is 0 Å². The van der Waals surface area contributed by atoms with Gasteiger partial charge in [0.1, 0.15) is 0 Å². The lowest BCUT2D eigenvalue weighted by atomic mass is 9.99. The van der Waals surface area contributed by atoms with Crippen LogP contribution in [0.3, 0.4) is 0 Å². The molecule has 0 saturated heterocycles. The van der Waals surface area contributed by atoms with E-state index in [2.05, 4.69) is 22.0 Å². The van der Waals surface area contributed by atoms with Crippen LogP contribution in [0.25, 0.3) is 11.4 Å². The van der Waals surface area contributed by atoms with Crippen LogP contribution in [0.4, 0.5) is 0 Å². The van der Waals surface area contributed by atoms with Crippen molar-refractivity contribution in [3.63, 3.8) is 0 Å². The van der Waals surface area contributed by atoms with Gasteiger partial charge in [0.15, 0.2) is 5.82 Å². The lowest BCUT2D eigenvalue weighted by molar-refractivity contribution is 0.586. The predicted octanol–water partition coefficient (Wildman–Crippen LogP) is 1.63. The van der Waals surface area contributed by atoms with Gasteiger partial charge in [-0.25, -0.2) is 9.97 Å². The van der Waals surface area contributed by atoms with Crippen molar-refractivity contribution in [1.29, 1.82) is 0 Å². The third-order valence-corrected chi connectivity index (χ3v) is 3.34. The van der Waals surface area contributed by atoms with Gasteiger partial charge < -0.3 is 5.73 Å². The molecule has 19 heavy (non-hydrogen) atoms. The van der Waals surface area contributed by atoms with E-state index < -0.39 is 0 Å². The van der Waals surface area contributed by atoms with Crippen molar-refractivity contribution in [2.75, 3.05) is 6.54 Å². The highest BCUT2D eigenvalue weighted by Crippen LogP contribution is 2.20. The van der Waals surface area contributed by atoms with E-state index in [0.717, 1.165) is 29.2 Å². The molecule has 0 aliphatic carbocycles. The van der Waals surface area contributed by atoms with Crippen LogP contribution < -0.4 is 5.73 Å². The van der Waals surface area contributed by atoms with Crippen molar-refractivity contribution in [1.82, 2.24) is 19.7 Å². The van der Waals surface area contributed by atoms with Crippen LogP contribution in [0.1, 0.15) is 23.9 Å². The maximum atomic E-state index is 5.69. The Hall–Kier alpha value is -1.75. The van der Waals surface area contributed by atoms with E-state index in [0.29, 0.717) is 12.5 Å². The summed E-state index contributed by atoms with van der Waals surface area (Å²) in [6, 6.07) is 0. The lowest BCUT2D eigenvalue weighted by Gasteiger charge is -2.13. The highest BCUT2D eigenvalue weighted by molar-refractivity contribution is 5.53. The molecule has 2 heterocycles. The van der Waals surface area contributed by atoms with Crippen LogP contribution in [0, 0.1) is 19.8 Å². The topological polar surface area (TPSA) is 69.6 Å². The molecule has 1 atom stereocenters. The second-order valence-corrected chi connectivity index (χ2v) is 5.14. The van der Waals surface area contributed by atoms with Crippen LogP contribution in [0.15, 0.2) is 12.4 Å². The van der Waals surface area contributed by atoms with Gasteiger partial charge in [0.2, 0.25) is 0 Å². The average Bonchev–Trinajstić information content (AvgIpc) is 2.80. The minimum atomic E-state index is 0.449. The standard InChI is InChI=1S/C14H21N5/c1-9(6-15)5-13-10(2)17-14(18-11(13)3)12-7-16-19(4)8-12/h7-9H,5-6,15H2,1-4H3. The number of nitrogens with zero attached hydrogens (tertiary/aromatic N) is 4. The maximum Gasteiger partial charge on any atom is 0.162 e. The Labute approximate surface area is 113 Å². The van der Waals surface area contributed by atoms with E-state index in [4.69, 9.17) is 5.73 Å². The number of hydrogen-bond donors (Lipinski definition) is 1. The fourth-order valence-electron chi connectivity index (χ4n) is 2.13. The normalized spacial score (nSPS) is 12.7. The van der Waals surface area contributed by atoms with Crippen molar-refractivity contribution in [3.05, 3.63) is 29.3 Å². The van der Waals surface area contributed by atoms with Crippen LogP contribution in [-0.2, 0) is 13.5 Å². The van der Waals surface area contributed by atoms with Gasteiger partial charge in [-0.05, 0) is 38.3 Å². The van der Waals surface area contributed by atoms with Crippen molar-refractivity contribution in [3.8, 4) is 11.4 Å². The Bertz CT molecular complexity index is 550. The molecule has 2 aromatic heterocycles. The summed E-state index contributed by atoms with van der Waals surface area (Å²) in [6.07, 6.45) is 4.65. The van der Waals surface area contributed by atoms with Crippen molar-refractivity contribution < 1.29 is 0 Å². The molecule has 0 radical (unpaired) electrons. The van der Waals surface area contributed by atoms with Crippen LogP contribution in [0.2, 0.25) is 0 Å². The monoisotopic (exact) mass is 259 g/mol. The molecule has 0 spiro atoms. The Morgan fingerprint density at radius 1 is 1.26 bits per heavy atom. The summed E-state index contributed by atoms with van der Waals surface area (Å²) in [5, 5.41) is 4.16. The molecule has 0 amide bonds. The van der Waals surface area contributed by atoms with E-state index in [-0.39, 0.29) is 0 Å². The highest BCUT2D eigenvalue weighted by Gasteiger charge is 2.13. The quantitative estimate of drug-likeness (QED) is 0.906. The Balaban J connectivity index is 2.36. The van der Waals surface area contributed by atoms with Gasteiger partial charge >= 0.3 is 0 Å². The third-order valence-electron chi connectivity index (χ3n) is 3.34. The molecule has 0 aromatic carbocycles. The number of nitrogens with two attached hydrogens (primary N) is 1. The summed E-state index contributed by atoms with van der Waals surface area (Å²) >= 11 is 0. The average molecular weight is 259 g/mol. The molecular weight excluding hydrogens is 238 g/mol. The van der Waals surface area contributed by atoms with Gasteiger partial charge in [-0.1, -0.05) is 6.92 Å².